The van der Waals surface area contributed by atoms with E-state index in [0.29, 0.717) is 6.54 Å². The van der Waals surface area contributed by atoms with E-state index in [4.69, 9.17) is 0 Å². The number of nitrogens with one attached hydrogen (secondary N) is 1. The summed E-state index contributed by atoms with van der Waals surface area (Å²) in [5.41, 5.74) is -0.866. The van der Waals surface area contributed by atoms with Crippen molar-refractivity contribution in [3.63, 3.8) is 0 Å². The van der Waals surface area contributed by atoms with Gasteiger partial charge in [0.1, 0.15) is 28.8 Å². The number of aromatic nitrogens is 2. The van der Waals surface area contributed by atoms with Crippen molar-refractivity contribution in [2.75, 3.05) is 6.54 Å². The Hall–Kier alpha value is -2.28. The molecule has 20 heavy (non-hydrogen) atoms. The lowest BCUT2D eigenvalue weighted by Crippen LogP contribution is -2.24. The Morgan fingerprint density at radius 1 is 1.35 bits per heavy atom. The van der Waals surface area contributed by atoms with Gasteiger partial charge in [0.15, 0.2) is 0 Å². The molecule has 0 amide bonds. The van der Waals surface area contributed by atoms with Crippen molar-refractivity contribution >= 4 is 0 Å². The van der Waals surface area contributed by atoms with Gasteiger partial charge in [0.05, 0.1) is 0 Å². The fourth-order valence-corrected chi connectivity index (χ4v) is 1.67. The lowest BCUT2D eigenvalue weighted by Gasteiger charge is -2.10. The van der Waals surface area contributed by atoms with Crippen LogP contribution in [0.15, 0.2) is 29.1 Å². The molecule has 0 aliphatic carbocycles. The van der Waals surface area contributed by atoms with Gasteiger partial charge in [0.25, 0.3) is 5.56 Å². The SMILES string of the molecule is CCNCc1nn(-c2cc(F)ccc2F)c(=O)cc1O. The van der Waals surface area contributed by atoms with E-state index < -0.39 is 17.2 Å². The minimum Gasteiger partial charge on any atom is -0.506 e. The number of nitrogens with zero attached hydrogens (tertiary/aromatic N) is 2. The summed E-state index contributed by atoms with van der Waals surface area (Å²) in [5, 5.41) is 16.4. The molecule has 0 fully saturated rings. The average Bonchev–Trinajstić information content (AvgIpc) is 2.41. The van der Waals surface area contributed by atoms with Crippen molar-refractivity contribution in [3.8, 4) is 11.4 Å². The van der Waals surface area contributed by atoms with Gasteiger partial charge < -0.3 is 10.4 Å². The molecule has 7 heteroatoms. The van der Waals surface area contributed by atoms with Crippen LogP contribution in [0.1, 0.15) is 12.6 Å². The Labute approximate surface area is 113 Å². The number of benzene rings is 1. The smallest absolute Gasteiger partial charge is 0.275 e. The third-order valence-corrected chi connectivity index (χ3v) is 2.66. The van der Waals surface area contributed by atoms with Gasteiger partial charge in [-0.25, -0.2) is 8.78 Å². The highest BCUT2D eigenvalue weighted by atomic mass is 19.1. The monoisotopic (exact) mass is 281 g/mol. The summed E-state index contributed by atoms with van der Waals surface area (Å²) < 4.78 is 27.6. The lowest BCUT2D eigenvalue weighted by atomic mass is 10.3. The van der Waals surface area contributed by atoms with Crippen molar-refractivity contribution in [1.82, 2.24) is 15.1 Å². The molecule has 1 aromatic carbocycles. The average molecular weight is 281 g/mol. The Kier molecular flexibility index (Phi) is 4.09. The summed E-state index contributed by atoms with van der Waals surface area (Å²) in [6.45, 7) is 2.70. The zero-order valence-corrected chi connectivity index (χ0v) is 10.7. The zero-order valence-electron chi connectivity index (χ0n) is 10.7. The molecular weight excluding hydrogens is 268 g/mol. The Morgan fingerprint density at radius 2 is 2.10 bits per heavy atom. The molecule has 0 atom stereocenters. The van der Waals surface area contributed by atoms with Gasteiger partial charge in [0.2, 0.25) is 0 Å². The van der Waals surface area contributed by atoms with Crippen LogP contribution in [0.2, 0.25) is 0 Å². The first-order valence-electron chi connectivity index (χ1n) is 6.01. The fraction of sp³-hybridized carbons (Fsp3) is 0.231. The molecule has 0 saturated carbocycles. The molecule has 5 nitrogen and oxygen atoms in total. The summed E-state index contributed by atoms with van der Waals surface area (Å²) in [6.07, 6.45) is 0. The van der Waals surface area contributed by atoms with Crippen LogP contribution in [0.4, 0.5) is 8.78 Å². The maximum Gasteiger partial charge on any atom is 0.275 e. The van der Waals surface area contributed by atoms with E-state index in [1.807, 2.05) is 6.92 Å². The van der Waals surface area contributed by atoms with Gasteiger partial charge in [-0.3, -0.25) is 4.79 Å². The largest absolute Gasteiger partial charge is 0.506 e. The van der Waals surface area contributed by atoms with Crippen LogP contribution < -0.4 is 10.9 Å². The van der Waals surface area contributed by atoms with E-state index in [9.17, 15) is 18.7 Å². The van der Waals surface area contributed by atoms with Gasteiger partial charge >= 0.3 is 0 Å². The van der Waals surface area contributed by atoms with Crippen LogP contribution >= 0.6 is 0 Å². The summed E-state index contributed by atoms with van der Waals surface area (Å²) >= 11 is 0. The third kappa shape index (κ3) is 2.83. The zero-order chi connectivity index (χ0) is 14.7. The van der Waals surface area contributed by atoms with E-state index in [1.165, 1.54) is 0 Å². The van der Waals surface area contributed by atoms with Crippen molar-refractivity contribution in [2.24, 2.45) is 0 Å². The van der Waals surface area contributed by atoms with Gasteiger partial charge in [-0.15, -0.1) is 0 Å². The maximum atomic E-state index is 13.7. The van der Waals surface area contributed by atoms with Crippen LogP contribution in [0, 0.1) is 11.6 Å². The number of aromatic hydroxyl groups is 1. The Bertz CT molecular complexity index is 686. The first kappa shape index (κ1) is 14.1. The molecule has 0 unspecified atom stereocenters. The highest BCUT2D eigenvalue weighted by molar-refractivity contribution is 5.35. The fourth-order valence-electron chi connectivity index (χ4n) is 1.67. The van der Waals surface area contributed by atoms with Gasteiger partial charge in [-0.05, 0) is 18.7 Å². The first-order valence-corrected chi connectivity index (χ1v) is 6.01. The minimum atomic E-state index is -0.777. The molecule has 0 radical (unpaired) electrons. The highest BCUT2D eigenvalue weighted by Crippen LogP contribution is 2.15. The second-order valence-corrected chi connectivity index (χ2v) is 4.10. The molecule has 0 saturated heterocycles. The van der Waals surface area contributed by atoms with Crippen molar-refractivity contribution in [2.45, 2.75) is 13.5 Å². The first-order chi connectivity index (χ1) is 9.52. The highest BCUT2D eigenvalue weighted by Gasteiger charge is 2.13. The minimum absolute atomic E-state index is 0.176. The maximum absolute atomic E-state index is 13.7. The molecule has 106 valence electrons. The number of rotatable bonds is 4. The summed E-state index contributed by atoms with van der Waals surface area (Å²) in [5.74, 6) is -1.75. The Morgan fingerprint density at radius 3 is 2.80 bits per heavy atom. The molecule has 2 N–H and O–H groups in total. The lowest BCUT2D eigenvalue weighted by molar-refractivity contribution is 0.451. The van der Waals surface area contributed by atoms with E-state index in [1.54, 1.807) is 0 Å². The van der Waals surface area contributed by atoms with Crippen molar-refractivity contribution in [1.29, 1.82) is 0 Å². The quantitative estimate of drug-likeness (QED) is 0.887. The van der Waals surface area contributed by atoms with Crippen LogP contribution in [0.3, 0.4) is 0 Å². The van der Waals surface area contributed by atoms with E-state index in [2.05, 4.69) is 10.4 Å². The van der Waals surface area contributed by atoms with E-state index in [0.717, 1.165) is 28.9 Å². The van der Waals surface area contributed by atoms with Crippen molar-refractivity contribution < 1.29 is 13.9 Å². The van der Waals surface area contributed by atoms with Crippen LogP contribution in [0.5, 0.6) is 5.75 Å². The molecule has 1 aromatic heterocycles. The topological polar surface area (TPSA) is 67.2 Å². The standard InChI is InChI=1S/C13H13F2N3O2/c1-2-16-7-10-12(19)6-13(20)18(17-10)11-5-8(14)3-4-9(11)15/h3-6,16,19H,2,7H2,1H3. The van der Waals surface area contributed by atoms with Gasteiger partial charge in [-0.2, -0.15) is 9.78 Å². The second-order valence-electron chi connectivity index (χ2n) is 4.10. The summed E-state index contributed by atoms with van der Waals surface area (Å²) in [4.78, 5) is 11.8. The van der Waals surface area contributed by atoms with Crippen LogP contribution in [-0.4, -0.2) is 21.4 Å². The molecule has 0 spiro atoms. The molecule has 0 aliphatic rings. The number of hydrogen-bond donors (Lipinski definition) is 2. The Balaban J connectivity index is 2.56. The number of halogens is 2. The summed E-state index contributed by atoms with van der Waals surface area (Å²) in [7, 11) is 0. The molecular formula is C13H13F2N3O2. The van der Waals surface area contributed by atoms with Crippen LogP contribution in [-0.2, 0) is 6.54 Å². The molecule has 2 aromatic rings. The normalized spacial score (nSPS) is 10.8. The molecule has 2 rings (SSSR count). The second kappa shape index (κ2) is 5.79. The predicted molar refractivity (Wildman–Crippen MR) is 68.8 cm³/mol. The van der Waals surface area contributed by atoms with E-state index in [-0.39, 0.29) is 23.7 Å². The number of hydrogen-bond acceptors (Lipinski definition) is 4. The van der Waals surface area contributed by atoms with Crippen LogP contribution in [0.25, 0.3) is 5.69 Å². The van der Waals surface area contributed by atoms with E-state index >= 15 is 0 Å². The van der Waals surface area contributed by atoms with Gasteiger partial charge in [0, 0.05) is 18.7 Å². The predicted octanol–water partition coefficient (Wildman–Crippen LogP) is 1.33. The van der Waals surface area contributed by atoms with Crippen molar-refractivity contribution in [3.05, 3.63) is 51.9 Å². The molecule has 0 bridgehead atoms. The molecule has 0 aliphatic heterocycles. The summed E-state index contributed by atoms with van der Waals surface area (Å²) in [6, 6.07) is 3.65. The molecule has 1 heterocycles. The third-order valence-electron chi connectivity index (χ3n) is 2.66. The van der Waals surface area contributed by atoms with Gasteiger partial charge in [-0.1, -0.05) is 6.92 Å².